The zero-order valence-corrected chi connectivity index (χ0v) is 15.1. The van der Waals surface area contributed by atoms with E-state index in [0.717, 1.165) is 12.4 Å². The lowest BCUT2D eigenvalue weighted by Gasteiger charge is -2.10. The Kier molecular flexibility index (Phi) is 5.59. The molecule has 2 heterocycles. The van der Waals surface area contributed by atoms with Gasteiger partial charge in [0, 0.05) is 25.0 Å². The maximum absolute atomic E-state index is 12.8. The second-order valence-electron chi connectivity index (χ2n) is 5.82. The number of ether oxygens (including phenoxy) is 1. The number of halogens is 4. The molecule has 12 heteroatoms. The molecule has 3 aromatic rings. The SMILES string of the molecule is Cn1cc(C(F)(F)F)nc1-c1ccc(COc2nc(Cl)ncc2B(O)O)cc1. The summed E-state index contributed by atoms with van der Waals surface area (Å²) in [6.45, 7) is 0.0156. The maximum Gasteiger partial charge on any atom is 0.495 e. The summed E-state index contributed by atoms with van der Waals surface area (Å²) in [4.78, 5) is 11.1. The van der Waals surface area contributed by atoms with Gasteiger partial charge in [-0.1, -0.05) is 24.3 Å². The van der Waals surface area contributed by atoms with E-state index < -0.39 is 19.0 Å². The standard InChI is InChI=1S/C16H13BClF3N4O3/c1-25-7-12(16(19,20)21)23-13(25)10-4-2-9(3-5-10)8-28-14-11(17(26)27)6-22-15(18)24-14/h2-7,26-27H,8H2,1H3. The van der Waals surface area contributed by atoms with Crippen molar-refractivity contribution in [1.82, 2.24) is 19.5 Å². The van der Waals surface area contributed by atoms with Gasteiger partial charge in [-0.15, -0.1) is 0 Å². The largest absolute Gasteiger partial charge is 0.495 e. The number of rotatable bonds is 5. The molecular weight excluding hydrogens is 399 g/mol. The highest BCUT2D eigenvalue weighted by Crippen LogP contribution is 2.30. The molecule has 2 N–H and O–H groups in total. The second kappa shape index (κ2) is 7.78. The first kappa shape index (κ1) is 20.1. The van der Waals surface area contributed by atoms with Gasteiger partial charge in [0.1, 0.15) is 12.4 Å². The van der Waals surface area contributed by atoms with Crippen LogP contribution in [0, 0.1) is 0 Å². The van der Waals surface area contributed by atoms with Crippen LogP contribution in [0.15, 0.2) is 36.7 Å². The van der Waals surface area contributed by atoms with Crippen molar-refractivity contribution < 1.29 is 28.0 Å². The van der Waals surface area contributed by atoms with E-state index >= 15 is 0 Å². The third kappa shape index (κ3) is 4.43. The molecular formula is C16H13BClF3N4O3. The van der Waals surface area contributed by atoms with Crippen molar-refractivity contribution in [1.29, 1.82) is 0 Å². The molecule has 0 aliphatic rings. The topological polar surface area (TPSA) is 93.3 Å². The Morgan fingerprint density at radius 3 is 2.43 bits per heavy atom. The first-order chi connectivity index (χ1) is 13.1. The van der Waals surface area contributed by atoms with Crippen LogP contribution in [-0.2, 0) is 19.8 Å². The van der Waals surface area contributed by atoms with Crippen LogP contribution in [0.5, 0.6) is 5.88 Å². The van der Waals surface area contributed by atoms with Crippen LogP contribution in [-0.4, -0.2) is 36.7 Å². The zero-order valence-electron chi connectivity index (χ0n) is 14.4. The van der Waals surface area contributed by atoms with Gasteiger partial charge in [0.2, 0.25) is 11.2 Å². The van der Waals surface area contributed by atoms with E-state index in [4.69, 9.17) is 16.3 Å². The van der Waals surface area contributed by atoms with Crippen molar-refractivity contribution in [3.63, 3.8) is 0 Å². The van der Waals surface area contributed by atoms with Crippen LogP contribution in [0.4, 0.5) is 13.2 Å². The van der Waals surface area contributed by atoms with Gasteiger partial charge in [-0.2, -0.15) is 18.2 Å². The maximum atomic E-state index is 12.8. The Morgan fingerprint density at radius 2 is 1.86 bits per heavy atom. The minimum Gasteiger partial charge on any atom is -0.473 e. The third-order valence-corrected chi connectivity index (χ3v) is 3.97. The Morgan fingerprint density at radius 1 is 1.18 bits per heavy atom. The molecule has 0 atom stereocenters. The smallest absolute Gasteiger partial charge is 0.473 e. The van der Waals surface area contributed by atoms with E-state index in [1.807, 2.05) is 0 Å². The van der Waals surface area contributed by atoms with Crippen molar-refractivity contribution in [3.05, 3.63) is 53.2 Å². The van der Waals surface area contributed by atoms with Crippen LogP contribution in [0.3, 0.4) is 0 Å². The van der Waals surface area contributed by atoms with Crippen molar-refractivity contribution in [2.24, 2.45) is 7.05 Å². The lowest BCUT2D eigenvalue weighted by Crippen LogP contribution is -2.32. The van der Waals surface area contributed by atoms with Gasteiger partial charge in [0.25, 0.3) is 0 Å². The molecule has 0 amide bonds. The van der Waals surface area contributed by atoms with Crippen LogP contribution in [0.1, 0.15) is 11.3 Å². The third-order valence-electron chi connectivity index (χ3n) is 3.78. The number of nitrogens with zero attached hydrogens (tertiary/aromatic N) is 4. The quantitative estimate of drug-likeness (QED) is 0.490. The minimum absolute atomic E-state index is 0.0156. The van der Waals surface area contributed by atoms with E-state index in [0.29, 0.717) is 11.1 Å². The minimum atomic E-state index is -4.52. The predicted molar refractivity (Wildman–Crippen MR) is 94.8 cm³/mol. The van der Waals surface area contributed by atoms with Crippen molar-refractivity contribution >= 4 is 24.2 Å². The Balaban J connectivity index is 1.76. The number of hydrogen-bond donors (Lipinski definition) is 2. The summed E-state index contributed by atoms with van der Waals surface area (Å²) in [5.74, 6) is 0.0889. The summed E-state index contributed by atoms with van der Waals surface area (Å²) in [7, 11) is -0.351. The molecule has 2 aromatic heterocycles. The Bertz CT molecular complexity index is 980. The van der Waals surface area contributed by atoms with Crippen molar-refractivity contribution in [2.45, 2.75) is 12.8 Å². The highest BCUT2D eigenvalue weighted by atomic mass is 35.5. The molecule has 0 bridgehead atoms. The van der Waals surface area contributed by atoms with E-state index in [2.05, 4.69) is 15.0 Å². The molecule has 0 aliphatic carbocycles. The molecule has 3 rings (SSSR count). The fraction of sp³-hybridized carbons (Fsp3) is 0.188. The van der Waals surface area contributed by atoms with Crippen molar-refractivity contribution in [3.8, 4) is 17.3 Å². The van der Waals surface area contributed by atoms with Crippen LogP contribution >= 0.6 is 11.6 Å². The first-order valence-corrected chi connectivity index (χ1v) is 8.24. The molecule has 0 saturated carbocycles. The molecule has 146 valence electrons. The van der Waals surface area contributed by atoms with Gasteiger partial charge >= 0.3 is 13.3 Å². The predicted octanol–water partition coefficient (Wildman–Crippen LogP) is 1.81. The fourth-order valence-corrected chi connectivity index (χ4v) is 2.55. The van der Waals surface area contributed by atoms with Crippen LogP contribution < -0.4 is 10.2 Å². The average molecular weight is 413 g/mol. The molecule has 7 nitrogen and oxygen atoms in total. The highest BCUT2D eigenvalue weighted by Gasteiger charge is 2.34. The molecule has 0 unspecified atom stereocenters. The summed E-state index contributed by atoms with van der Waals surface area (Å²) in [5.41, 5.74) is 0.155. The summed E-state index contributed by atoms with van der Waals surface area (Å²) in [5, 5.41) is 18.5. The average Bonchev–Trinajstić information content (AvgIpc) is 3.02. The second-order valence-corrected chi connectivity index (χ2v) is 6.16. The fourth-order valence-electron chi connectivity index (χ4n) is 2.42. The lowest BCUT2D eigenvalue weighted by molar-refractivity contribution is -0.140. The van der Waals surface area contributed by atoms with Crippen LogP contribution in [0.2, 0.25) is 5.28 Å². The van der Waals surface area contributed by atoms with Gasteiger partial charge in [-0.25, -0.2) is 9.97 Å². The van der Waals surface area contributed by atoms with Crippen molar-refractivity contribution in [2.75, 3.05) is 0 Å². The van der Waals surface area contributed by atoms with E-state index in [1.54, 1.807) is 24.3 Å². The van der Waals surface area contributed by atoms with Gasteiger partial charge in [0.05, 0.1) is 5.46 Å². The monoisotopic (exact) mass is 412 g/mol. The molecule has 0 spiro atoms. The van der Waals surface area contributed by atoms with Gasteiger partial charge in [-0.05, 0) is 17.2 Å². The summed E-state index contributed by atoms with van der Waals surface area (Å²) in [6.07, 6.45) is -2.46. The highest BCUT2D eigenvalue weighted by molar-refractivity contribution is 6.59. The number of imidazole rings is 1. The Labute approximate surface area is 162 Å². The van der Waals surface area contributed by atoms with Gasteiger partial charge < -0.3 is 19.4 Å². The first-order valence-electron chi connectivity index (χ1n) is 7.86. The van der Waals surface area contributed by atoms with Crippen LogP contribution in [0.25, 0.3) is 11.4 Å². The Hall–Kier alpha value is -2.63. The lowest BCUT2D eigenvalue weighted by atomic mass is 9.82. The molecule has 0 saturated heterocycles. The molecule has 0 fully saturated rings. The zero-order chi connectivity index (χ0) is 20.5. The van der Waals surface area contributed by atoms with Gasteiger partial charge in [-0.3, -0.25) is 0 Å². The number of alkyl halides is 3. The molecule has 0 radical (unpaired) electrons. The van der Waals surface area contributed by atoms with E-state index in [1.165, 1.54) is 11.6 Å². The van der Waals surface area contributed by atoms with E-state index in [-0.39, 0.29) is 29.1 Å². The molecule has 28 heavy (non-hydrogen) atoms. The van der Waals surface area contributed by atoms with E-state index in [9.17, 15) is 23.2 Å². The molecule has 1 aromatic carbocycles. The summed E-state index contributed by atoms with van der Waals surface area (Å²) in [6, 6.07) is 6.51. The summed E-state index contributed by atoms with van der Waals surface area (Å²) < 4.78 is 45.1. The number of hydrogen-bond acceptors (Lipinski definition) is 6. The van der Waals surface area contributed by atoms with Gasteiger partial charge in [0.15, 0.2) is 5.69 Å². The normalized spacial score (nSPS) is 11.5. The number of aryl methyl sites for hydroxylation is 1. The number of aromatic nitrogens is 4. The number of benzene rings is 1. The molecule has 0 aliphatic heterocycles. The summed E-state index contributed by atoms with van der Waals surface area (Å²) >= 11 is 5.69.